The fourth-order valence-corrected chi connectivity index (χ4v) is 2.62. The molecule has 21 heavy (non-hydrogen) atoms. The van der Waals surface area contributed by atoms with Gasteiger partial charge in [-0.2, -0.15) is 0 Å². The molecule has 2 aromatic carbocycles. The van der Waals surface area contributed by atoms with E-state index in [9.17, 15) is 5.11 Å². The normalized spacial score (nSPS) is 13.8. The van der Waals surface area contributed by atoms with Gasteiger partial charge in [-0.3, -0.25) is 0 Å². The highest BCUT2D eigenvalue weighted by Crippen LogP contribution is 2.30. The molecular weight excluding hydrogens is 260 g/mol. The Morgan fingerprint density at radius 2 is 1.76 bits per heavy atom. The first-order valence-corrected chi connectivity index (χ1v) is 7.41. The lowest BCUT2D eigenvalue weighted by atomic mass is 9.87. The Balaban J connectivity index is 2.29. The maximum absolute atomic E-state index is 10.9. The topological polar surface area (TPSA) is 29.5 Å². The molecule has 1 atom stereocenters. The van der Waals surface area contributed by atoms with E-state index in [0.717, 1.165) is 23.3 Å². The van der Waals surface area contributed by atoms with Gasteiger partial charge in [-0.25, -0.2) is 0 Å². The summed E-state index contributed by atoms with van der Waals surface area (Å²) < 4.78 is 5.41. The molecule has 0 spiro atoms. The molecule has 0 aromatic heterocycles. The molecule has 0 bridgehead atoms. The van der Waals surface area contributed by atoms with Crippen molar-refractivity contribution in [1.29, 1.82) is 0 Å². The second-order valence-electron chi connectivity index (χ2n) is 5.82. The van der Waals surface area contributed by atoms with E-state index in [1.165, 1.54) is 11.1 Å². The minimum absolute atomic E-state index is 0.531. The van der Waals surface area contributed by atoms with Gasteiger partial charge in [0.25, 0.3) is 0 Å². The summed E-state index contributed by atoms with van der Waals surface area (Å²) in [5.74, 6) is 0.825. The fourth-order valence-electron chi connectivity index (χ4n) is 2.62. The number of aliphatic hydroxyl groups is 1. The van der Waals surface area contributed by atoms with Crippen LogP contribution in [0.25, 0.3) is 0 Å². The van der Waals surface area contributed by atoms with Gasteiger partial charge in [-0.05, 0) is 43.0 Å². The molecule has 2 nitrogen and oxygen atoms in total. The lowest BCUT2D eigenvalue weighted by Gasteiger charge is -2.25. The van der Waals surface area contributed by atoms with E-state index in [-0.39, 0.29) is 0 Å². The molecule has 0 aliphatic carbocycles. The van der Waals surface area contributed by atoms with Crippen molar-refractivity contribution in [2.75, 3.05) is 7.11 Å². The summed E-state index contributed by atoms with van der Waals surface area (Å²) in [6, 6.07) is 14.2. The van der Waals surface area contributed by atoms with Gasteiger partial charge in [0.05, 0.1) is 12.7 Å². The highest BCUT2D eigenvalue weighted by molar-refractivity contribution is 5.39. The van der Waals surface area contributed by atoms with Gasteiger partial charge in [0, 0.05) is 6.42 Å². The summed E-state index contributed by atoms with van der Waals surface area (Å²) in [6.07, 6.45) is 1.54. The molecule has 2 heteroatoms. The SMILES string of the molecule is CCc1ccc(C(C)(O)Cc2cc(C)ccc2OC)cc1. The predicted octanol–water partition coefficient (Wildman–Crippen LogP) is 4.02. The highest BCUT2D eigenvalue weighted by Gasteiger charge is 2.25. The van der Waals surface area contributed by atoms with Crippen molar-refractivity contribution in [1.82, 2.24) is 0 Å². The summed E-state index contributed by atoms with van der Waals surface area (Å²) in [6.45, 7) is 6.04. The van der Waals surface area contributed by atoms with E-state index in [1.54, 1.807) is 7.11 Å². The molecule has 0 aliphatic heterocycles. The zero-order valence-corrected chi connectivity index (χ0v) is 13.3. The first-order chi connectivity index (χ1) is 9.96. The number of aryl methyl sites for hydroxylation is 2. The zero-order chi connectivity index (χ0) is 15.5. The minimum Gasteiger partial charge on any atom is -0.496 e. The van der Waals surface area contributed by atoms with E-state index in [2.05, 4.69) is 25.1 Å². The van der Waals surface area contributed by atoms with Crippen molar-refractivity contribution >= 4 is 0 Å². The second kappa shape index (κ2) is 6.31. The minimum atomic E-state index is -0.909. The molecule has 0 saturated carbocycles. The molecule has 2 rings (SSSR count). The van der Waals surface area contributed by atoms with Crippen molar-refractivity contribution in [2.24, 2.45) is 0 Å². The van der Waals surface area contributed by atoms with Crippen LogP contribution in [0.5, 0.6) is 5.75 Å². The number of benzene rings is 2. The van der Waals surface area contributed by atoms with E-state index >= 15 is 0 Å². The summed E-state index contributed by atoms with van der Waals surface area (Å²) in [5, 5.41) is 10.9. The molecule has 0 saturated heterocycles. The summed E-state index contributed by atoms with van der Waals surface area (Å²) >= 11 is 0. The van der Waals surface area contributed by atoms with Crippen LogP contribution in [-0.4, -0.2) is 12.2 Å². The van der Waals surface area contributed by atoms with Crippen molar-refractivity contribution in [3.8, 4) is 5.75 Å². The monoisotopic (exact) mass is 284 g/mol. The Kier molecular flexibility index (Phi) is 4.69. The zero-order valence-electron chi connectivity index (χ0n) is 13.3. The van der Waals surface area contributed by atoms with Crippen molar-refractivity contribution in [3.63, 3.8) is 0 Å². The number of hydrogen-bond acceptors (Lipinski definition) is 2. The Morgan fingerprint density at radius 3 is 2.33 bits per heavy atom. The van der Waals surface area contributed by atoms with E-state index in [0.29, 0.717) is 6.42 Å². The number of ether oxygens (including phenoxy) is 1. The number of methoxy groups -OCH3 is 1. The van der Waals surface area contributed by atoms with Gasteiger partial charge in [-0.15, -0.1) is 0 Å². The quantitative estimate of drug-likeness (QED) is 0.898. The third-order valence-electron chi connectivity index (χ3n) is 3.95. The van der Waals surface area contributed by atoms with Gasteiger partial charge in [0.15, 0.2) is 0 Å². The predicted molar refractivity (Wildman–Crippen MR) is 86.8 cm³/mol. The van der Waals surface area contributed by atoms with Gasteiger partial charge in [0.1, 0.15) is 5.75 Å². The van der Waals surface area contributed by atoms with Crippen LogP contribution in [0.1, 0.15) is 36.1 Å². The molecule has 0 radical (unpaired) electrons. The maximum Gasteiger partial charge on any atom is 0.122 e. The van der Waals surface area contributed by atoms with Crippen LogP contribution in [0.15, 0.2) is 42.5 Å². The molecule has 0 amide bonds. The number of hydrogen-bond donors (Lipinski definition) is 1. The molecule has 2 aromatic rings. The molecule has 0 fully saturated rings. The second-order valence-corrected chi connectivity index (χ2v) is 5.82. The lowest BCUT2D eigenvalue weighted by Crippen LogP contribution is -2.24. The van der Waals surface area contributed by atoms with Gasteiger partial charge >= 0.3 is 0 Å². The lowest BCUT2D eigenvalue weighted by molar-refractivity contribution is 0.0569. The largest absolute Gasteiger partial charge is 0.496 e. The molecular formula is C19H24O2. The summed E-state index contributed by atoms with van der Waals surface area (Å²) in [5.41, 5.74) is 3.50. The van der Waals surface area contributed by atoms with Crippen LogP contribution >= 0.6 is 0 Å². The Bertz CT molecular complexity index is 597. The first-order valence-electron chi connectivity index (χ1n) is 7.41. The number of rotatable bonds is 5. The van der Waals surface area contributed by atoms with Gasteiger partial charge < -0.3 is 9.84 Å². The van der Waals surface area contributed by atoms with Crippen LogP contribution in [0, 0.1) is 6.92 Å². The smallest absolute Gasteiger partial charge is 0.122 e. The van der Waals surface area contributed by atoms with Crippen LogP contribution in [0.2, 0.25) is 0 Å². The molecule has 112 valence electrons. The van der Waals surface area contributed by atoms with Gasteiger partial charge in [-0.1, -0.05) is 48.9 Å². The van der Waals surface area contributed by atoms with Crippen molar-refractivity contribution in [3.05, 3.63) is 64.7 Å². The Hall–Kier alpha value is -1.80. The summed E-state index contributed by atoms with van der Waals surface area (Å²) in [4.78, 5) is 0. The fraction of sp³-hybridized carbons (Fsp3) is 0.368. The molecule has 0 heterocycles. The maximum atomic E-state index is 10.9. The van der Waals surface area contributed by atoms with E-state index in [4.69, 9.17) is 4.74 Å². The van der Waals surface area contributed by atoms with Crippen LogP contribution in [0.3, 0.4) is 0 Å². The highest BCUT2D eigenvalue weighted by atomic mass is 16.5. The van der Waals surface area contributed by atoms with Crippen molar-refractivity contribution < 1.29 is 9.84 Å². The van der Waals surface area contributed by atoms with E-state index in [1.807, 2.05) is 38.1 Å². The molecule has 0 aliphatic rings. The average molecular weight is 284 g/mol. The molecule has 1 N–H and O–H groups in total. The van der Waals surface area contributed by atoms with E-state index < -0.39 is 5.60 Å². The van der Waals surface area contributed by atoms with Gasteiger partial charge in [0.2, 0.25) is 0 Å². The van der Waals surface area contributed by atoms with Crippen LogP contribution in [-0.2, 0) is 18.4 Å². The third kappa shape index (κ3) is 3.64. The summed E-state index contributed by atoms with van der Waals surface area (Å²) in [7, 11) is 1.67. The van der Waals surface area contributed by atoms with Crippen LogP contribution < -0.4 is 4.74 Å². The Morgan fingerprint density at radius 1 is 1.10 bits per heavy atom. The first kappa shape index (κ1) is 15.6. The third-order valence-corrected chi connectivity index (χ3v) is 3.95. The standard InChI is InChI=1S/C19H24O2/c1-5-15-7-9-17(10-8-15)19(3,20)13-16-12-14(2)6-11-18(16)21-4/h6-12,20H,5,13H2,1-4H3. The average Bonchev–Trinajstić information content (AvgIpc) is 2.47. The molecule has 1 unspecified atom stereocenters. The van der Waals surface area contributed by atoms with Crippen LogP contribution in [0.4, 0.5) is 0 Å². The van der Waals surface area contributed by atoms with Crippen molar-refractivity contribution in [2.45, 2.75) is 39.2 Å². The Labute approximate surface area is 127 Å².